The van der Waals surface area contributed by atoms with Gasteiger partial charge >= 0.3 is 18.2 Å². The number of nitrogens with one attached hydrogen (secondary N) is 3. The number of benzene rings is 2. The van der Waals surface area contributed by atoms with Crippen molar-refractivity contribution >= 4 is 24.1 Å². The molecule has 4 N–H and O–H groups in total. The highest BCUT2D eigenvalue weighted by atomic mass is 16.6. The molecule has 3 amide bonds. The van der Waals surface area contributed by atoms with E-state index in [2.05, 4.69) is 28.1 Å². The van der Waals surface area contributed by atoms with Gasteiger partial charge in [0.25, 0.3) is 0 Å². The second kappa shape index (κ2) is 23.3. The number of unbranched alkanes of at least 4 members (excludes halogenated alkanes) is 1. The van der Waals surface area contributed by atoms with E-state index < -0.39 is 29.8 Å². The zero-order valence-electron chi connectivity index (χ0n) is 30.6. The fraction of sp³-hybridized carbons (Fsp3) is 0.579. The van der Waals surface area contributed by atoms with Crippen LogP contribution in [0.15, 0.2) is 48.5 Å². The molecule has 1 aliphatic rings. The van der Waals surface area contributed by atoms with Crippen molar-refractivity contribution in [2.75, 3.05) is 72.6 Å². The summed E-state index contributed by atoms with van der Waals surface area (Å²) in [5.74, 6) is -1.24. The molecule has 0 aliphatic heterocycles. The number of amides is 3. The Bertz CT molecular complexity index is 1350. The van der Waals surface area contributed by atoms with Crippen LogP contribution in [0.1, 0.15) is 69.9 Å². The van der Waals surface area contributed by atoms with Gasteiger partial charge in [-0.2, -0.15) is 0 Å². The minimum Gasteiger partial charge on any atom is -0.481 e. The van der Waals surface area contributed by atoms with Gasteiger partial charge in [-0.25, -0.2) is 9.59 Å². The second-order valence-corrected chi connectivity index (χ2v) is 13.2. The Morgan fingerprint density at radius 1 is 0.712 bits per heavy atom. The molecule has 0 bridgehead atoms. The standard InChI is InChI=1S/C38H55N3O11/c1-38(2,3)52-36(45)40-17-19-48-21-23-50-25-24-49-22-20-47-18-15-34(42)39-16-9-8-10-28(26-35(43)44)41-37(46)51-27-33-31-13-6-4-11-29(31)30-12-5-7-14-32(30)33/h4-7,11-14,28,33H,8-10,15-27H2,1-3H3,(H,39,42)(H,40,45)(H,41,46)(H,43,44). The molecule has 0 fully saturated rings. The van der Waals surface area contributed by atoms with Crippen molar-refractivity contribution in [1.82, 2.24) is 16.0 Å². The van der Waals surface area contributed by atoms with Crippen molar-refractivity contribution in [3.63, 3.8) is 0 Å². The highest BCUT2D eigenvalue weighted by Gasteiger charge is 2.29. The lowest BCUT2D eigenvalue weighted by Crippen LogP contribution is -2.37. The van der Waals surface area contributed by atoms with Crippen molar-refractivity contribution < 1.29 is 52.7 Å². The van der Waals surface area contributed by atoms with Crippen LogP contribution in [0.2, 0.25) is 0 Å². The van der Waals surface area contributed by atoms with Crippen LogP contribution in [0.5, 0.6) is 0 Å². The molecule has 0 radical (unpaired) electrons. The summed E-state index contributed by atoms with van der Waals surface area (Å²) in [6.07, 6.45) is 0.532. The van der Waals surface area contributed by atoms with Crippen molar-refractivity contribution in [2.24, 2.45) is 0 Å². The van der Waals surface area contributed by atoms with Crippen molar-refractivity contribution in [3.8, 4) is 11.1 Å². The molecule has 0 spiro atoms. The Morgan fingerprint density at radius 2 is 1.27 bits per heavy atom. The van der Waals surface area contributed by atoms with E-state index in [1.807, 2.05) is 36.4 Å². The average molecular weight is 730 g/mol. The minimum atomic E-state index is -1.01. The first-order chi connectivity index (χ1) is 25.0. The normalized spacial score (nSPS) is 12.8. The van der Waals surface area contributed by atoms with Gasteiger partial charge in [-0.15, -0.1) is 0 Å². The topological polar surface area (TPSA) is 180 Å². The number of hydrogen-bond acceptors (Lipinski definition) is 10. The number of aliphatic carboxylic acids is 1. The fourth-order valence-corrected chi connectivity index (χ4v) is 5.54. The maximum atomic E-state index is 12.7. The molecule has 14 heteroatoms. The molecule has 2 aromatic carbocycles. The molecule has 0 aromatic heterocycles. The second-order valence-electron chi connectivity index (χ2n) is 13.2. The van der Waals surface area contributed by atoms with Gasteiger partial charge in [-0.05, 0) is 62.3 Å². The molecule has 0 saturated carbocycles. The Labute approximate surface area is 306 Å². The molecule has 14 nitrogen and oxygen atoms in total. The highest BCUT2D eigenvalue weighted by molar-refractivity contribution is 5.79. The lowest BCUT2D eigenvalue weighted by atomic mass is 9.98. The number of carboxylic acid groups (broad SMARTS) is 1. The third kappa shape index (κ3) is 16.9. The van der Waals surface area contributed by atoms with Crippen LogP contribution < -0.4 is 16.0 Å². The van der Waals surface area contributed by atoms with E-state index in [1.54, 1.807) is 20.8 Å². The third-order valence-corrected chi connectivity index (χ3v) is 7.89. The summed E-state index contributed by atoms with van der Waals surface area (Å²) in [7, 11) is 0. The molecule has 0 heterocycles. The first kappa shape index (κ1) is 42.2. The Kier molecular flexibility index (Phi) is 18.9. The minimum absolute atomic E-state index is 0.0870. The number of carbonyl (C=O) groups excluding carboxylic acids is 3. The molecule has 1 atom stereocenters. The van der Waals surface area contributed by atoms with Crippen LogP contribution in [-0.4, -0.2) is 113 Å². The van der Waals surface area contributed by atoms with Gasteiger partial charge in [-0.3, -0.25) is 9.59 Å². The van der Waals surface area contributed by atoms with Crippen molar-refractivity contribution in [2.45, 2.75) is 70.4 Å². The van der Waals surface area contributed by atoms with Gasteiger partial charge in [0, 0.05) is 31.5 Å². The van der Waals surface area contributed by atoms with Gasteiger partial charge in [0.2, 0.25) is 5.91 Å². The predicted molar refractivity (Wildman–Crippen MR) is 193 cm³/mol. The van der Waals surface area contributed by atoms with Crippen LogP contribution in [0.3, 0.4) is 0 Å². The van der Waals surface area contributed by atoms with Crippen molar-refractivity contribution in [3.05, 3.63) is 59.7 Å². The summed E-state index contributed by atoms with van der Waals surface area (Å²) in [6, 6.07) is 15.5. The highest BCUT2D eigenvalue weighted by Crippen LogP contribution is 2.44. The number of fused-ring (bicyclic) bond motifs is 3. The maximum Gasteiger partial charge on any atom is 0.407 e. The van der Waals surface area contributed by atoms with E-state index in [0.29, 0.717) is 78.6 Å². The molecule has 3 rings (SSSR count). The quantitative estimate of drug-likeness (QED) is 0.105. The molecule has 288 valence electrons. The summed E-state index contributed by atoms with van der Waals surface area (Å²) < 4.78 is 32.4. The lowest BCUT2D eigenvalue weighted by Gasteiger charge is -2.19. The first-order valence-corrected chi connectivity index (χ1v) is 17.9. The van der Waals surface area contributed by atoms with E-state index in [9.17, 15) is 24.3 Å². The van der Waals surface area contributed by atoms with E-state index in [0.717, 1.165) is 22.3 Å². The SMILES string of the molecule is CC(C)(C)OC(=O)NCCOCCOCCOCCOCCC(=O)NCCCCC(CC(=O)O)NC(=O)OCC1c2ccccc2-c2ccccc21. The van der Waals surface area contributed by atoms with Crippen LogP contribution >= 0.6 is 0 Å². The lowest BCUT2D eigenvalue weighted by molar-refractivity contribution is -0.137. The molecular formula is C38H55N3O11. The summed E-state index contributed by atoms with van der Waals surface area (Å²) >= 11 is 0. The summed E-state index contributed by atoms with van der Waals surface area (Å²) in [5.41, 5.74) is 3.92. The molecule has 52 heavy (non-hydrogen) atoms. The predicted octanol–water partition coefficient (Wildman–Crippen LogP) is 4.64. The molecule has 0 saturated heterocycles. The zero-order valence-corrected chi connectivity index (χ0v) is 30.6. The van der Waals surface area contributed by atoms with Crippen LogP contribution in [0.25, 0.3) is 11.1 Å². The maximum absolute atomic E-state index is 12.7. The van der Waals surface area contributed by atoms with E-state index in [4.69, 9.17) is 28.4 Å². The van der Waals surface area contributed by atoms with Crippen LogP contribution in [-0.2, 0) is 38.0 Å². The Hall–Kier alpha value is -4.24. The number of carbonyl (C=O) groups is 4. The number of alkyl carbamates (subject to hydrolysis) is 2. The molecular weight excluding hydrogens is 674 g/mol. The number of rotatable bonds is 25. The van der Waals surface area contributed by atoms with Gasteiger partial charge < -0.3 is 49.5 Å². The van der Waals surface area contributed by atoms with Crippen molar-refractivity contribution in [1.29, 1.82) is 0 Å². The Balaban J connectivity index is 1.14. The number of carboxylic acids is 1. The average Bonchev–Trinajstić information content (AvgIpc) is 3.41. The molecule has 2 aromatic rings. The first-order valence-electron chi connectivity index (χ1n) is 17.9. The third-order valence-electron chi connectivity index (χ3n) is 7.89. The van der Waals surface area contributed by atoms with Crippen LogP contribution in [0, 0.1) is 0 Å². The monoisotopic (exact) mass is 729 g/mol. The smallest absolute Gasteiger partial charge is 0.407 e. The van der Waals surface area contributed by atoms with E-state index in [1.165, 1.54) is 0 Å². The summed E-state index contributed by atoms with van der Waals surface area (Å²) in [6.45, 7) is 9.28. The van der Waals surface area contributed by atoms with Crippen LogP contribution in [0.4, 0.5) is 9.59 Å². The van der Waals surface area contributed by atoms with E-state index >= 15 is 0 Å². The molecule has 1 unspecified atom stereocenters. The van der Waals surface area contributed by atoms with E-state index in [-0.39, 0.29) is 37.9 Å². The Morgan fingerprint density at radius 3 is 1.85 bits per heavy atom. The number of ether oxygens (including phenoxy) is 6. The van der Waals surface area contributed by atoms with Gasteiger partial charge in [0.15, 0.2) is 0 Å². The number of hydrogen-bond donors (Lipinski definition) is 4. The zero-order chi connectivity index (χ0) is 37.6. The largest absolute Gasteiger partial charge is 0.481 e. The van der Waals surface area contributed by atoms with Gasteiger partial charge in [-0.1, -0.05) is 48.5 Å². The fourth-order valence-electron chi connectivity index (χ4n) is 5.54. The van der Waals surface area contributed by atoms with Gasteiger partial charge in [0.1, 0.15) is 12.2 Å². The summed E-state index contributed by atoms with van der Waals surface area (Å²) in [5, 5.41) is 17.5. The molecule has 1 aliphatic carbocycles. The van der Waals surface area contributed by atoms with Gasteiger partial charge in [0.05, 0.1) is 59.3 Å². The summed E-state index contributed by atoms with van der Waals surface area (Å²) in [4.78, 5) is 47.8.